The Hall–Kier alpha value is -4.38. The van der Waals surface area contributed by atoms with E-state index >= 15 is 0 Å². The summed E-state index contributed by atoms with van der Waals surface area (Å²) in [6.45, 7) is 0. The maximum atomic E-state index is 13.6. The van der Waals surface area contributed by atoms with E-state index in [4.69, 9.17) is 27.9 Å². The normalized spacial score (nSPS) is 11.4. The Balaban J connectivity index is 1.82. The second-order valence-corrected chi connectivity index (χ2v) is 8.85. The molecule has 0 saturated heterocycles. The number of allylic oxidation sites excluding steroid dienone is 1. The molecule has 9 nitrogen and oxygen atoms in total. The molecule has 0 aliphatic carbocycles. The summed E-state index contributed by atoms with van der Waals surface area (Å²) in [7, 11) is -4.30. The van der Waals surface area contributed by atoms with Gasteiger partial charge < -0.3 is 11.1 Å². The van der Waals surface area contributed by atoms with E-state index in [0.717, 1.165) is 0 Å². The number of hydrogen-bond donors (Lipinski definition) is 2. The minimum absolute atomic E-state index is 0.0586. The second kappa shape index (κ2) is 8.63. The van der Waals surface area contributed by atoms with Gasteiger partial charge in [0.05, 0.1) is 16.7 Å². The van der Waals surface area contributed by atoms with E-state index in [2.05, 4.69) is 15.4 Å². The van der Waals surface area contributed by atoms with E-state index in [0.29, 0.717) is 26.1 Å². The molecule has 0 aliphatic rings. The Morgan fingerprint density at radius 3 is 2.64 bits per heavy atom. The van der Waals surface area contributed by atoms with E-state index in [-0.39, 0.29) is 27.4 Å². The highest BCUT2D eigenvalue weighted by molar-refractivity contribution is 7.90. The Labute approximate surface area is 194 Å². The third kappa shape index (κ3) is 4.08. The van der Waals surface area contributed by atoms with Crippen molar-refractivity contribution in [2.45, 2.75) is 4.90 Å². The summed E-state index contributed by atoms with van der Waals surface area (Å²) in [6, 6.07) is 18.7. The Morgan fingerprint density at radius 1 is 1.12 bits per heavy atom. The van der Waals surface area contributed by atoms with Crippen molar-refractivity contribution in [1.29, 1.82) is 10.5 Å². The van der Waals surface area contributed by atoms with Crippen molar-refractivity contribution >= 4 is 56.1 Å². The van der Waals surface area contributed by atoms with Gasteiger partial charge in [0.1, 0.15) is 11.0 Å². The van der Waals surface area contributed by atoms with Gasteiger partial charge in [0, 0.05) is 17.1 Å². The average molecular weight is 476 g/mol. The first-order valence-electron chi connectivity index (χ1n) is 9.38. The van der Waals surface area contributed by atoms with Crippen LogP contribution in [0.4, 0.5) is 17.6 Å². The van der Waals surface area contributed by atoms with Gasteiger partial charge in [-0.1, -0.05) is 48.0 Å². The van der Waals surface area contributed by atoms with Crippen LogP contribution in [0.2, 0.25) is 5.02 Å². The Kier molecular flexibility index (Phi) is 5.71. The fourth-order valence-corrected chi connectivity index (χ4v) is 5.01. The van der Waals surface area contributed by atoms with Gasteiger partial charge in [-0.15, -0.1) is 9.19 Å². The molecule has 0 bridgehead atoms. The third-order valence-corrected chi connectivity index (χ3v) is 6.69. The Bertz CT molecular complexity index is 1610. The van der Waals surface area contributed by atoms with Gasteiger partial charge >= 0.3 is 0 Å². The molecule has 1 aromatic heterocycles. The van der Waals surface area contributed by atoms with E-state index in [1.165, 1.54) is 24.3 Å². The number of nitrogen functional groups attached to an aromatic ring is 1. The van der Waals surface area contributed by atoms with Gasteiger partial charge in [0.2, 0.25) is 11.9 Å². The second-order valence-electron chi connectivity index (χ2n) is 6.74. The largest absolute Gasteiger partial charge is 0.367 e. The van der Waals surface area contributed by atoms with Crippen molar-refractivity contribution in [3.63, 3.8) is 0 Å². The average Bonchev–Trinajstić information content (AvgIpc) is 3.18. The fraction of sp³-hybridized carbons (Fsp3) is 0. The summed E-state index contributed by atoms with van der Waals surface area (Å²) >= 11 is 6.04. The first-order chi connectivity index (χ1) is 15.8. The number of benzene rings is 3. The highest BCUT2D eigenvalue weighted by atomic mass is 35.5. The fourth-order valence-electron chi connectivity index (χ4n) is 3.25. The van der Waals surface area contributed by atoms with Crippen molar-refractivity contribution in [1.82, 2.24) is 14.2 Å². The van der Waals surface area contributed by atoms with Crippen LogP contribution in [0.1, 0.15) is 11.1 Å². The number of rotatable bonds is 5. The van der Waals surface area contributed by atoms with Crippen molar-refractivity contribution in [2.24, 2.45) is 0 Å². The standard InChI is InChI=1S/C22H14ClN7O2S/c23-19-12-17(10-9-16(19)13-25)27-22-28-21(26)30(29-22)33(31,32)20-15(5-3-11-24)8-7-14-4-1-2-6-18(14)20/h1-10,12H,(H3,26,27,28,29)/b5-3+. The van der Waals surface area contributed by atoms with Crippen LogP contribution in [0.25, 0.3) is 16.8 Å². The van der Waals surface area contributed by atoms with Crippen molar-refractivity contribution in [2.75, 3.05) is 11.1 Å². The lowest BCUT2D eigenvalue weighted by atomic mass is 10.1. The number of nitriles is 2. The summed E-state index contributed by atoms with van der Waals surface area (Å²) in [5.41, 5.74) is 6.95. The predicted octanol–water partition coefficient (Wildman–Crippen LogP) is 4.06. The third-order valence-electron chi connectivity index (χ3n) is 4.68. The van der Waals surface area contributed by atoms with Crippen LogP contribution in [-0.4, -0.2) is 22.6 Å². The molecule has 0 aliphatic heterocycles. The quantitative estimate of drug-likeness (QED) is 0.410. The molecule has 3 N–H and O–H groups in total. The number of aromatic nitrogens is 3. The van der Waals surface area contributed by atoms with Gasteiger partial charge in [0.25, 0.3) is 10.0 Å². The number of nitrogens with zero attached hydrogens (tertiary/aromatic N) is 5. The first-order valence-corrected chi connectivity index (χ1v) is 11.2. The summed E-state index contributed by atoms with van der Waals surface area (Å²) in [5, 5.41) is 26.1. The summed E-state index contributed by atoms with van der Waals surface area (Å²) < 4.78 is 27.9. The molecule has 0 amide bonds. The van der Waals surface area contributed by atoms with Gasteiger partial charge in [-0.05, 0) is 35.2 Å². The molecular weight excluding hydrogens is 462 g/mol. The summed E-state index contributed by atoms with van der Waals surface area (Å²) in [4.78, 5) is 3.94. The molecular formula is C22H14ClN7O2S. The summed E-state index contributed by atoms with van der Waals surface area (Å²) in [5.74, 6) is -0.438. The van der Waals surface area contributed by atoms with Crippen molar-refractivity contribution in [3.05, 3.63) is 76.8 Å². The molecule has 162 valence electrons. The molecule has 4 rings (SSSR count). The van der Waals surface area contributed by atoms with Crippen LogP contribution in [0, 0.1) is 22.7 Å². The lowest BCUT2D eigenvalue weighted by molar-refractivity contribution is 0.582. The molecule has 0 radical (unpaired) electrons. The zero-order valence-electron chi connectivity index (χ0n) is 16.8. The molecule has 0 atom stereocenters. The molecule has 0 fully saturated rings. The van der Waals surface area contributed by atoms with Gasteiger partial charge in [0.15, 0.2) is 0 Å². The maximum Gasteiger partial charge on any atom is 0.287 e. The minimum atomic E-state index is -4.30. The van der Waals surface area contributed by atoms with Gasteiger partial charge in [-0.25, -0.2) is 0 Å². The van der Waals surface area contributed by atoms with Crippen LogP contribution < -0.4 is 11.1 Å². The molecule has 33 heavy (non-hydrogen) atoms. The van der Waals surface area contributed by atoms with E-state index in [1.54, 1.807) is 42.5 Å². The SMILES string of the molecule is N#C/C=C/c1ccc2ccccc2c1S(=O)(=O)n1nc(Nc2ccc(C#N)c(Cl)c2)nc1N. The van der Waals surface area contributed by atoms with Crippen LogP contribution >= 0.6 is 11.6 Å². The number of fused-ring (bicyclic) bond motifs is 1. The number of halogens is 1. The number of hydrogen-bond acceptors (Lipinski definition) is 8. The smallest absolute Gasteiger partial charge is 0.287 e. The topological polar surface area (TPSA) is 150 Å². The predicted molar refractivity (Wildman–Crippen MR) is 125 cm³/mol. The lowest BCUT2D eigenvalue weighted by Crippen LogP contribution is -2.18. The van der Waals surface area contributed by atoms with E-state index in [1.807, 2.05) is 12.1 Å². The molecule has 0 spiro atoms. The zero-order valence-corrected chi connectivity index (χ0v) is 18.3. The van der Waals surface area contributed by atoms with Crippen LogP contribution in [0.15, 0.2) is 65.6 Å². The lowest BCUT2D eigenvalue weighted by Gasteiger charge is -2.12. The number of nitrogens with two attached hydrogens (primary N) is 1. The highest BCUT2D eigenvalue weighted by Crippen LogP contribution is 2.31. The monoisotopic (exact) mass is 475 g/mol. The van der Waals surface area contributed by atoms with E-state index in [9.17, 15) is 8.42 Å². The Morgan fingerprint density at radius 2 is 1.91 bits per heavy atom. The first kappa shape index (κ1) is 21.8. The maximum absolute atomic E-state index is 13.6. The summed E-state index contributed by atoms with van der Waals surface area (Å²) in [6.07, 6.45) is 2.60. The van der Waals surface area contributed by atoms with Crippen molar-refractivity contribution in [3.8, 4) is 12.1 Å². The van der Waals surface area contributed by atoms with E-state index < -0.39 is 10.0 Å². The van der Waals surface area contributed by atoms with Gasteiger partial charge in [-0.3, -0.25) is 0 Å². The minimum Gasteiger partial charge on any atom is -0.367 e. The molecule has 0 unspecified atom stereocenters. The van der Waals surface area contributed by atoms with Crippen LogP contribution in [-0.2, 0) is 10.0 Å². The zero-order chi connectivity index (χ0) is 23.6. The molecule has 11 heteroatoms. The van der Waals surface area contributed by atoms with Gasteiger partial charge in [-0.2, -0.15) is 23.9 Å². The molecule has 4 aromatic rings. The van der Waals surface area contributed by atoms with Crippen molar-refractivity contribution < 1.29 is 8.42 Å². The molecule has 0 saturated carbocycles. The highest BCUT2D eigenvalue weighted by Gasteiger charge is 2.27. The molecule has 3 aromatic carbocycles. The number of nitrogens with one attached hydrogen (secondary N) is 1. The molecule has 1 heterocycles. The van der Waals surface area contributed by atoms with Crippen LogP contribution in [0.3, 0.4) is 0 Å². The van der Waals surface area contributed by atoms with Crippen LogP contribution in [0.5, 0.6) is 0 Å². The number of anilines is 3.